The van der Waals surface area contributed by atoms with Crippen molar-refractivity contribution in [3.63, 3.8) is 0 Å². The van der Waals surface area contributed by atoms with Crippen molar-refractivity contribution in [2.24, 2.45) is 0 Å². The molecule has 0 aliphatic rings. The number of hydrogen-bond donors (Lipinski definition) is 1. The Morgan fingerprint density at radius 3 is 2.25 bits per heavy atom. The summed E-state index contributed by atoms with van der Waals surface area (Å²) in [5.74, 6) is 1.40. The molecule has 90 valence electrons. The minimum Gasteiger partial charge on any atom is -0.508 e. The lowest BCUT2D eigenvalue weighted by atomic mass is 10.2. The van der Waals surface area contributed by atoms with Gasteiger partial charge in [0.25, 0.3) is 0 Å². The van der Waals surface area contributed by atoms with Crippen molar-refractivity contribution in [2.45, 2.75) is 46.3 Å². The van der Waals surface area contributed by atoms with Crippen LogP contribution in [0.25, 0.3) is 0 Å². The Morgan fingerprint density at radius 1 is 1.12 bits per heavy atom. The Labute approximate surface area is 97.0 Å². The van der Waals surface area contributed by atoms with E-state index >= 15 is 0 Å². The summed E-state index contributed by atoms with van der Waals surface area (Å²) in [7, 11) is 0. The standard InChI is InChI=1S/C13H20O3/c1-9(2)15-12-8-10(14)6-7-11(12)16-13(3,4)5/h6-9,14H,1-5H3. The van der Waals surface area contributed by atoms with Crippen LogP contribution in [-0.4, -0.2) is 16.8 Å². The molecular formula is C13H20O3. The second kappa shape index (κ2) is 4.64. The van der Waals surface area contributed by atoms with Crippen molar-refractivity contribution in [3.8, 4) is 17.2 Å². The number of aromatic hydroxyl groups is 1. The van der Waals surface area contributed by atoms with Crippen LogP contribution in [0.5, 0.6) is 17.2 Å². The second-order valence-corrected chi connectivity index (χ2v) is 5.01. The first-order chi connectivity index (χ1) is 7.28. The van der Waals surface area contributed by atoms with Gasteiger partial charge < -0.3 is 14.6 Å². The first-order valence-corrected chi connectivity index (χ1v) is 5.46. The fourth-order valence-electron chi connectivity index (χ4n) is 1.26. The summed E-state index contributed by atoms with van der Waals surface area (Å²) in [6.45, 7) is 9.78. The van der Waals surface area contributed by atoms with Crippen molar-refractivity contribution in [3.05, 3.63) is 18.2 Å². The maximum atomic E-state index is 9.41. The molecule has 1 aromatic rings. The van der Waals surface area contributed by atoms with Gasteiger partial charge in [-0.1, -0.05) is 0 Å². The summed E-state index contributed by atoms with van der Waals surface area (Å²) in [5.41, 5.74) is -0.286. The topological polar surface area (TPSA) is 38.7 Å². The summed E-state index contributed by atoms with van der Waals surface area (Å²) >= 11 is 0. The van der Waals surface area contributed by atoms with Crippen LogP contribution in [0.15, 0.2) is 18.2 Å². The highest BCUT2D eigenvalue weighted by Crippen LogP contribution is 2.34. The Morgan fingerprint density at radius 2 is 1.75 bits per heavy atom. The number of rotatable bonds is 3. The van der Waals surface area contributed by atoms with E-state index in [-0.39, 0.29) is 17.5 Å². The molecule has 0 amide bonds. The quantitative estimate of drug-likeness (QED) is 0.855. The van der Waals surface area contributed by atoms with Gasteiger partial charge in [0.2, 0.25) is 0 Å². The highest BCUT2D eigenvalue weighted by atomic mass is 16.5. The van der Waals surface area contributed by atoms with E-state index in [9.17, 15) is 5.11 Å². The molecule has 0 heterocycles. The Hall–Kier alpha value is -1.38. The molecule has 3 heteroatoms. The molecule has 0 aromatic heterocycles. The van der Waals surface area contributed by atoms with E-state index in [1.54, 1.807) is 18.2 Å². The Balaban J connectivity index is 2.98. The monoisotopic (exact) mass is 224 g/mol. The van der Waals surface area contributed by atoms with Gasteiger partial charge in [0.05, 0.1) is 6.10 Å². The van der Waals surface area contributed by atoms with Gasteiger partial charge in [0, 0.05) is 6.07 Å². The van der Waals surface area contributed by atoms with Crippen molar-refractivity contribution in [2.75, 3.05) is 0 Å². The Bertz CT molecular complexity index is 351. The Kier molecular flexibility index (Phi) is 3.68. The van der Waals surface area contributed by atoms with Crippen LogP contribution in [0, 0.1) is 0 Å². The van der Waals surface area contributed by atoms with Crippen LogP contribution in [-0.2, 0) is 0 Å². The zero-order chi connectivity index (χ0) is 12.3. The minimum atomic E-state index is -0.286. The van der Waals surface area contributed by atoms with Crippen LogP contribution >= 0.6 is 0 Å². The van der Waals surface area contributed by atoms with Gasteiger partial charge in [-0.2, -0.15) is 0 Å². The van der Waals surface area contributed by atoms with Gasteiger partial charge in [-0.15, -0.1) is 0 Å². The molecule has 1 N–H and O–H groups in total. The third-order valence-electron chi connectivity index (χ3n) is 1.71. The molecule has 0 aliphatic carbocycles. The highest BCUT2D eigenvalue weighted by Gasteiger charge is 2.16. The van der Waals surface area contributed by atoms with E-state index in [2.05, 4.69) is 0 Å². The first-order valence-electron chi connectivity index (χ1n) is 5.46. The minimum absolute atomic E-state index is 0.0455. The number of ether oxygens (including phenoxy) is 2. The molecule has 0 spiro atoms. The fraction of sp³-hybridized carbons (Fsp3) is 0.538. The number of phenols is 1. The number of phenolic OH excluding ortho intramolecular Hbond substituents is 1. The van der Waals surface area contributed by atoms with Crippen LogP contribution in [0.1, 0.15) is 34.6 Å². The van der Waals surface area contributed by atoms with E-state index in [0.29, 0.717) is 11.5 Å². The van der Waals surface area contributed by atoms with E-state index in [1.807, 2.05) is 34.6 Å². The zero-order valence-electron chi connectivity index (χ0n) is 10.6. The van der Waals surface area contributed by atoms with Crippen LogP contribution in [0.2, 0.25) is 0 Å². The molecule has 1 aromatic carbocycles. The molecule has 0 saturated heterocycles. The third-order valence-corrected chi connectivity index (χ3v) is 1.71. The summed E-state index contributed by atoms with van der Waals surface area (Å²) in [4.78, 5) is 0. The molecule has 0 bridgehead atoms. The van der Waals surface area contributed by atoms with Gasteiger partial charge in [0.15, 0.2) is 11.5 Å². The average Bonchev–Trinajstić information content (AvgIpc) is 2.06. The van der Waals surface area contributed by atoms with Crippen LogP contribution < -0.4 is 9.47 Å². The molecular weight excluding hydrogens is 204 g/mol. The first kappa shape index (κ1) is 12.7. The summed E-state index contributed by atoms with van der Waals surface area (Å²) < 4.78 is 11.3. The highest BCUT2D eigenvalue weighted by molar-refractivity contribution is 5.45. The second-order valence-electron chi connectivity index (χ2n) is 5.01. The average molecular weight is 224 g/mol. The zero-order valence-corrected chi connectivity index (χ0v) is 10.6. The molecule has 0 radical (unpaired) electrons. The van der Waals surface area contributed by atoms with Gasteiger partial charge in [-0.3, -0.25) is 0 Å². The third kappa shape index (κ3) is 4.01. The molecule has 0 unspecified atom stereocenters. The van der Waals surface area contributed by atoms with Crippen LogP contribution in [0.4, 0.5) is 0 Å². The fourth-order valence-corrected chi connectivity index (χ4v) is 1.26. The van der Waals surface area contributed by atoms with Gasteiger partial charge in [-0.05, 0) is 46.8 Å². The lowest BCUT2D eigenvalue weighted by Crippen LogP contribution is -2.23. The van der Waals surface area contributed by atoms with E-state index in [1.165, 1.54) is 0 Å². The van der Waals surface area contributed by atoms with Crippen molar-refractivity contribution in [1.29, 1.82) is 0 Å². The molecule has 0 atom stereocenters. The lowest BCUT2D eigenvalue weighted by molar-refractivity contribution is 0.119. The SMILES string of the molecule is CC(C)Oc1cc(O)ccc1OC(C)(C)C. The predicted octanol–water partition coefficient (Wildman–Crippen LogP) is 3.36. The largest absolute Gasteiger partial charge is 0.508 e. The van der Waals surface area contributed by atoms with Crippen LogP contribution in [0.3, 0.4) is 0 Å². The van der Waals surface area contributed by atoms with E-state index in [4.69, 9.17) is 9.47 Å². The predicted molar refractivity (Wildman–Crippen MR) is 64.3 cm³/mol. The summed E-state index contributed by atoms with van der Waals surface area (Å²) in [5, 5.41) is 9.41. The molecule has 0 saturated carbocycles. The van der Waals surface area contributed by atoms with Crippen molar-refractivity contribution < 1.29 is 14.6 Å². The van der Waals surface area contributed by atoms with Crippen molar-refractivity contribution >= 4 is 0 Å². The van der Waals surface area contributed by atoms with E-state index in [0.717, 1.165) is 0 Å². The molecule has 0 aliphatic heterocycles. The number of benzene rings is 1. The molecule has 0 fully saturated rings. The van der Waals surface area contributed by atoms with E-state index < -0.39 is 0 Å². The summed E-state index contributed by atoms with van der Waals surface area (Å²) in [6.07, 6.45) is 0.0455. The maximum Gasteiger partial charge on any atom is 0.165 e. The molecule has 3 nitrogen and oxygen atoms in total. The molecule has 1 rings (SSSR count). The lowest BCUT2D eigenvalue weighted by Gasteiger charge is -2.24. The van der Waals surface area contributed by atoms with Gasteiger partial charge >= 0.3 is 0 Å². The smallest absolute Gasteiger partial charge is 0.165 e. The maximum absolute atomic E-state index is 9.41. The molecule has 16 heavy (non-hydrogen) atoms. The van der Waals surface area contributed by atoms with Crippen molar-refractivity contribution in [1.82, 2.24) is 0 Å². The summed E-state index contributed by atoms with van der Waals surface area (Å²) in [6, 6.07) is 4.88. The van der Waals surface area contributed by atoms with Gasteiger partial charge in [-0.25, -0.2) is 0 Å². The normalized spacial score (nSPS) is 11.6. The van der Waals surface area contributed by atoms with Gasteiger partial charge in [0.1, 0.15) is 11.4 Å². The number of hydrogen-bond acceptors (Lipinski definition) is 3.